The van der Waals surface area contributed by atoms with Gasteiger partial charge in [-0.15, -0.1) is 11.3 Å². The number of nitrogens with zero attached hydrogens (tertiary/aromatic N) is 1. The molecule has 0 bridgehead atoms. The fourth-order valence-corrected chi connectivity index (χ4v) is 3.82. The van der Waals surface area contributed by atoms with Crippen LogP contribution in [0.5, 0.6) is 5.75 Å². The van der Waals surface area contributed by atoms with E-state index in [-0.39, 0.29) is 11.0 Å². The number of methoxy groups -OCH3 is 1. The Morgan fingerprint density at radius 1 is 1.22 bits per heavy atom. The highest BCUT2D eigenvalue weighted by Gasteiger charge is 2.11. The number of carbonyl (C=O) groups excluding carboxylic acids is 1. The molecule has 2 N–H and O–H groups in total. The lowest BCUT2D eigenvalue weighted by Crippen LogP contribution is -2.34. The van der Waals surface area contributed by atoms with Crippen LogP contribution in [-0.4, -0.2) is 23.1 Å². The monoisotopic (exact) mass is 461 g/mol. The molecule has 1 amide bonds. The number of thiocarbonyl (C=S) groups is 1. The summed E-state index contributed by atoms with van der Waals surface area (Å²) in [5.41, 5.74) is 3.39. The summed E-state index contributed by atoms with van der Waals surface area (Å²) in [5, 5.41) is 8.34. The molecule has 1 heterocycles. The molecule has 138 valence electrons. The molecule has 27 heavy (non-hydrogen) atoms. The lowest BCUT2D eigenvalue weighted by atomic mass is 10.1. The van der Waals surface area contributed by atoms with E-state index in [0.29, 0.717) is 10.7 Å². The van der Waals surface area contributed by atoms with Gasteiger partial charge in [0.2, 0.25) is 0 Å². The molecule has 3 rings (SSSR count). The Morgan fingerprint density at radius 3 is 2.63 bits per heavy atom. The van der Waals surface area contributed by atoms with Crippen LogP contribution in [0.25, 0.3) is 11.3 Å². The number of hydrogen-bond donors (Lipinski definition) is 2. The average Bonchev–Trinajstić information content (AvgIpc) is 3.10. The minimum atomic E-state index is -0.261. The second-order valence-electron chi connectivity index (χ2n) is 5.66. The molecule has 5 nitrogen and oxygen atoms in total. The van der Waals surface area contributed by atoms with E-state index in [0.717, 1.165) is 27.0 Å². The maximum atomic E-state index is 12.2. The number of ether oxygens (including phenoxy) is 1. The highest BCUT2D eigenvalue weighted by molar-refractivity contribution is 9.10. The molecule has 0 spiro atoms. The number of anilines is 1. The second-order valence-corrected chi connectivity index (χ2v) is 7.78. The van der Waals surface area contributed by atoms with Crippen molar-refractivity contribution in [1.29, 1.82) is 0 Å². The van der Waals surface area contributed by atoms with Gasteiger partial charge in [-0.25, -0.2) is 4.98 Å². The zero-order chi connectivity index (χ0) is 19.4. The lowest BCUT2D eigenvalue weighted by molar-refractivity contribution is 0.0977. The maximum Gasteiger partial charge on any atom is 0.257 e. The van der Waals surface area contributed by atoms with Gasteiger partial charge in [-0.2, -0.15) is 0 Å². The van der Waals surface area contributed by atoms with E-state index >= 15 is 0 Å². The maximum absolute atomic E-state index is 12.2. The van der Waals surface area contributed by atoms with E-state index < -0.39 is 0 Å². The lowest BCUT2D eigenvalue weighted by Gasteiger charge is -2.07. The third-order valence-electron chi connectivity index (χ3n) is 3.71. The van der Waals surface area contributed by atoms with E-state index in [1.165, 1.54) is 11.3 Å². The van der Waals surface area contributed by atoms with Gasteiger partial charge in [-0.3, -0.25) is 10.1 Å². The van der Waals surface area contributed by atoms with Gasteiger partial charge >= 0.3 is 0 Å². The topological polar surface area (TPSA) is 63.2 Å². The normalized spacial score (nSPS) is 10.3. The van der Waals surface area contributed by atoms with Crippen molar-refractivity contribution in [3.8, 4) is 17.0 Å². The zero-order valence-corrected chi connectivity index (χ0v) is 17.8. The first-order valence-corrected chi connectivity index (χ1v) is 10.0. The molecule has 1 aromatic heterocycles. The van der Waals surface area contributed by atoms with Crippen LogP contribution >= 0.6 is 39.5 Å². The number of halogens is 1. The third kappa shape index (κ3) is 4.91. The Kier molecular flexibility index (Phi) is 6.20. The molecule has 8 heteroatoms. The van der Waals surface area contributed by atoms with Crippen LogP contribution in [0, 0.1) is 6.92 Å². The SMILES string of the molecule is COc1ccc(-c2csc(NC(=S)NC(=O)c3ccc(C)cc3)n2)cc1Br. The van der Waals surface area contributed by atoms with Crippen LogP contribution in [-0.2, 0) is 0 Å². The van der Waals surface area contributed by atoms with Crippen LogP contribution in [0.2, 0.25) is 0 Å². The summed E-state index contributed by atoms with van der Waals surface area (Å²) in [6.07, 6.45) is 0. The average molecular weight is 462 g/mol. The zero-order valence-electron chi connectivity index (χ0n) is 14.6. The Labute approximate surface area is 174 Å². The van der Waals surface area contributed by atoms with Crippen LogP contribution < -0.4 is 15.4 Å². The van der Waals surface area contributed by atoms with Crippen molar-refractivity contribution in [2.24, 2.45) is 0 Å². The number of aryl methyl sites for hydroxylation is 1. The molecule has 0 radical (unpaired) electrons. The molecular formula is C19H16BrN3O2S2. The first-order valence-electron chi connectivity index (χ1n) is 7.94. The summed E-state index contributed by atoms with van der Waals surface area (Å²) >= 11 is 10.1. The van der Waals surface area contributed by atoms with Crippen molar-refractivity contribution in [2.45, 2.75) is 6.92 Å². The van der Waals surface area contributed by atoms with Crippen molar-refractivity contribution in [3.63, 3.8) is 0 Å². The van der Waals surface area contributed by atoms with Gasteiger partial charge in [0, 0.05) is 16.5 Å². The van der Waals surface area contributed by atoms with Crippen molar-refractivity contribution < 1.29 is 9.53 Å². The number of carbonyl (C=O) groups is 1. The largest absolute Gasteiger partial charge is 0.496 e. The Hall–Kier alpha value is -2.29. The molecule has 0 aliphatic carbocycles. The summed E-state index contributed by atoms with van der Waals surface area (Å²) in [5.74, 6) is 0.496. The van der Waals surface area contributed by atoms with Gasteiger partial charge in [-0.1, -0.05) is 17.7 Å². The van der Waals surface area contributed by atoms with Crippen LogP contribution in [0.4, 0.5) is 5.13 Å². The fraction of sp³-hybridized carbons (Fsp3) is 0.105. The van der Waals surface area contributed by atoms with Gasteiger partial charge in [-0.05, 0) is 65.4 Å². The van der Waals surface area contributed by atoms with Crippen LogP contribution in [0.15, 0.2) is 52.3 Å². The molecule has 0 saturated carbocycles. The van der Waals surface area contributed by atoms with Gasteiger partial charge in [0.15, 0.2) is 10.2 Å². The smallest absolute Gasteiger partial charge is 0.257 e. The summed E-state index contributed by atoms with van der Waals surface area (Å²) in [6, 6.07) is 13.0. The van der Waals surface area contributed by atoms with Crippen LogP contribution in [0.3, 0.4) is 0 Å². The molecule has 0 unspecified atom stereocenters. The fourth-order valence-electron chi connectivity index (χ4n) is 2.30. The highest BCUT2D eigenvalue weighted by Crippen LogP contribution is 2.31. The molecule has 3 aromatic rings. The van der Waals surface area contributed by atoms with E-state index in [1.54, 1.807) is 19.2 Å². The number of hydrogen-bond acceptors (Lipinski definition) is 5. The van der Waals surface area contributed by atoms with Gasteiger partial charge in [0.25, 0.3) is 5.91 Å². The molecule has 0 aliphatic heterocycles. The number of nitrogens with one attached hydrogen (secondary N) is 2. The number of rotatable bonds is 4. The predicted octanol–water partition coefficient (Wildman–Crippen LogP) is 5.02. The van der Waals surface area contributed by atoms with Gasteiger partial charge < -0.3 is 10.1 Å². The quantitative estimate of drug-likeness (QED) is 0.534. The van der Waals surface area contributed by atoms with Crippen LogP contribution in [0.1, 0.15) is 15.9 Å². The second kappa shape index (κ2) is 8.60. The summed E-state index contributed by atoms with van der Waals surface area (Å²) in [4.78, 5) is 16.7. The Balaban J connectivity index is 1.65. The molecule has 0 atom stereocenters. The molecular weight excluding hydrogens is 446 g/mol. The number of amides is 1. The number of thiazole rings is 1. The molecule has 0 fully saturated rings. The molecule has 0 saturated heterocycles. The minimum Gasteiger partial charge on any atom is -0.496 e. The van der Waals surface area contributed by atoms with E-state index in [1.807, 2.05) is 42.6 Å². The van der Waals surface area contributed by atoms with E-state index in [9.17, 15) is 4.79 Å². The third-order valence-corrected chi connectivity index (χ3v) is 5.29. The summed E-state index contributed by atoms with van der Waals surface area (Å²) in [6.45, 7) is 1.97. The van der Waals surface area contributed by atoms with Gasteiger partial charge in [0.05, 0.1) is 17.3 Å². The Morgan fingerprint density at radius 2 is 1.96 bits per heavy atom. The summed E-state index contributed by atoms with van der Waals surface area (Å²) < 4.78 is 6.09. The first-order chi connectivity index (χ1) is 13.0. The minimum absolute atomic E-state index is 0.206. The van der Waals surface area contributed by atoms with Crippen molar-refractivity contribution in [1.82, 2.24) is 10.3 Å². The number of aromatic nitrogens is 1. The number of benzene rings is 2. The molecule has 2 aromatic carbocycles. The van der Waals surface area contributed by atoms with Crippen molar-refractivity contribution in [3.05, 3.63) is 63.4 Å². The molecule has 0 aliphatic rings. The predicted molar refractivity (Wildman–Crippen MR) is 117 cm³/mol. The van der Waals surface area contributed by atoms with E-state index in [2.05, 4.69) is 31.5 Å². The highest BCUT2D eigenvalue weighted by atomic mass is 79.9. The standard InChI is InChI=1S/C19H16BrN3O2S2/c1-11-3-5-12(6-4-11)17(24)22-18(26)23-19-21-15(10-27-19)13-7-8-16(25-2)14(20)9-13/h3-10H,1-2H3,(H2,21,22,23,24,26). The van der Waals surface area contributed by atoms with Crippen molar-refractivity contribution >= 4 is 55.6 Å². The first kappa shape index (κ1) is 19.5. The van der Waals surface area contributed by atoms with Crippen molar-refractivity contribution in [2.75, 3.05) is 12.4 Å². The van der Waals surface area contributed by atoms with E-state index in [4.69, 9.17) is 17.0 Å². The summed E-state index contributed by atoms with van der Waals surface area (Å²) in [7, 11) is 1.62. The van der Waals surface area contributed by atoms with Gasteiger partial charge in [0.1, 0.15) is 5.75 Å². The Bertz CT molecular complexity index is 987.